The fourth-order valence-corrected chi connectivity index (χ4v) is 4.49. The molecule has 1 amide bonds. The first-order valence-corrected chi connectivity index (χ1v) is 11.8. The lowest BCUT2D eigenvalue weighted by Crippen LogP contribution is -2.33. The molecule has 196 valence electrons. The largest absolute Gasteiger partial charge is 0.460 e. The lowest BCUT2D eigenvalue weighted by Gasteiger charge is -2.15. The predicted molar refractivity (Wildman–Crippen MR) is 105 cm³/mol. The fourth-order valence-electron chi connectivity index (χ4n) is 2.57. The van der Waals surface area contributed by atoms with E-state index in [2.05, 4.69) is 20.2 Å². The van der Waals surface area contributed by atoms with Gasteiger partial charge in [-0.3, -0.25) is 4.79 Å². The van der Waals surface area contributed by atoms with Gasteiger partial charge in [-0.25, -0.2) is 22.8 Å². The van der Waals surface area contributed by atoms with E-state index in [1.54, 1.807) is 0 Å². The molecule has 3 rings (SSSR count). The summed E-state index contributed by atoms with van der Waals surface area (Å²) < 4.78 is 130. The van der Waals surface area contributed by atoms with Crippen LogP contribution in [0.1, 0.15) is 28.1 Å². The molecule has 9 nitrogen and oxygen atoms in total. The Labute approximate surface area is 199 Å². The Morgan fingerprint density at radius 1 is 1.11 bits per heavy atom. The normalized spacial score (nSPS) is 13.9. The number of alkyl halides is 8. The maximum Gasteiger partial charge on any atom is 0.460 e. The molecule has 0 fully saturated rings. The zero-order chi connectivity index (χ0) is 27.3. The average Bonchev–Trinajstić information content (AvgIpc) is 3.40. The van der Waals surface area contributed by atoms with Gasteiger partial charge >= 0.3 is 18.3 Å². The van der Waals surface area contributed by atoms with Gasteiger partial charge in [0.1, 0.15) is 10.6 Å². The van der Waals surface area contributed by atoms with Crippen LogP contribution in [0.3, 0.4) is 0 Å². The summed E-state index contributed by atoms with van der Waals surface area (Å²) >= 11 is -0.263. The van der Waals surface area contributed by atoms with Gasteiger partial charge < -0.3 is 0 Å². The molecule has 0 aromatic carbocycles. The standard InChI is InChI=1S/C17H12F8N6O3S2/c1-3-36(33,34)9-6-8(31-5-4-10(28-31)16(20,21)22)7-26-11(9)12(32)27-14-30(2)29-13(35-14)15(18,19)17(23,24)25/h4-7H,3H2,1-2H3. The molecule has 3 aromatic rings. The highest BCUT2D eigenvalue weighted by molar-refractivity contribution is 7.91. The monoisotopic (exact) mass is 564 g/mol. The Bertz CT molecular complexity index is 1480. The van der Waals surface area contributed by atoms with Crippen LogP contribution in [0.2, 0.25) is 0 Å². The summed E-state index contributed by atoms with van der Waals surface area (Å²) in [6.45, 7) is 1.19. The topological polar surface area (TPSA) is 112 Å². The van der Waals surface area contributed by atoms with Gasteiger partial charge in [0.25, 0.3) is 5.91 Å². The van der Waals surface area contributed by atoms with Crippen LogP contribution in [0.5, 0.6) is 0 Å². The highest BCUT2D eigenvalue weighted by Gasteiger charge is 2.61. The van der Waals surface area contributed by atoms with Crippen LogP contribution in [0.25, 0.3) is 5.69 Å². The molecule has 3 heterocycles. The zero-order valence-corrected chi connectivity index (χ0v) is 19.4. The van der Waals surface area contributed by atoms with Crippen molar-refractivity contribution in [3.05, 3.63) is 45.7 Å². The third kappa shape index (κ3) is 5.15. The van der Waals surface area contributed by atoms with E-state index in [1.807, 2.05) is 0 Å². The Hall–Kier alpha value is -3.22. The minimum Gasteiger partial charge on any atom is -0.265 e. The maximum absolute atomic E-state index is 13.6. The number of hydrogen-bond donors (Lipinski definition) is 0. The van der Waals surface area contributed by atoms with Gasteiger partial charge in [0.05, 0.1) is 17.6 Å². The molecule has 0 aliphatic carbocycles. The number of hydrogen-bond acceptors (Lipinski definition) is 7. The molecule has 3 aromatic heterocycles. The second kappa shape index (κ2) is 9.02. The number of halogens is 8. The van der Waals surface area contributed by atoms with E-state index < -0.39 is 65.9 Å². The third-order valence-corrected chi connectivity index (χ3v) is 7.24. The number of sulfone groups is 1. The van der Waals surface area contributed by atoms with Gasteiger partial charge in [-0.1, -0.05) is 18.3 Å². The zero-order valence-electron chi connectivity index (χ0n) is 17.8. The summed E-state index contributed by atoms with van der Waals surface area (Å²) in [4.78, 5) is 18.2. The van der Waals surface area contributed by atoms with Crippen LogP contribution in [0.15, 0.2) is 34.4 Å². The molecule has 36 heavy (non-hydrogen) atoms. The maximum atomic E-state index is 13.6. The summed E-state index contributed by atoms with van der Waals surface area (Å²) in [7, 11) is -3.33. The van der Waals surface area contributed by atoms with Crippen molar-refractivity contribution < 1.29 is 48.3 Å². The van der Waals surface area contributed by atoms with Gasteiger partial charge in [0.2, 0.25) is 4.80 Å². The number of amides is 1. The lowest BCUT2D eigenvalue weighted by molar-refractivity contribution is -0.289. The first-order valence-electron chi connectivity index (χ1n) is 9.32. The minimum atomic E-state index is -5.97. The number of carbonyl (C=O) groups excluding carboxylic acids is 1. The van der Waals surface area contributed by atoms with Crippen LogP contribution in [-0.4, -0.2) is 50.8 Å². The van der Waals surface area contributed by atoms with Crippen molar-refractivity contribution in [3.8, 4) is 5.69 Å². The molecular formula is C17H12F8N6O3S2. The minimum absolute atomic E-state index is 0.263. The third-order valence-electron chi connectivity index (χ3n) is 4.43. The van der Waals surface area contributed by atoms with E-state index in [9.17, 15) is 48.3 Å². The molecular weight excluding hydrogens is 552 g/mol. The number of aromatic nitrogens is 5. The Morgan fingerprint density at radius 2 is 1.75 bits per heavy atom. The van der Waals surface area contributed by atoms with Crippen LogP contribution < -0.4 is 4.80 Å². The Morgan fingerprint density at radius 3 is 2.28 bits per heavy atom. The molecule has 0 bridgehead atoms. The SMILES string of the molecule is CCS(=O)(=O)c1cc(-n2ccc(C(F)(F)F)n2)cnc1C(=O)N=c1sc(C(F)(F)C(F)(F)F)nn1C. The highest BCUT2D eigenvalue weighted by atomic mass is 32.2. The van der Waals surface area contributed by atoms with E-state index in [0.717, 1.165) is 25.5 Å². The van der Waals surface area contributed by atoms with Crippen molar-refractivity contribution in [2.24, 2.45) is 12.0 Å². The van der Waals surface area contributed by atoms with Crippen LogP contribution in [0.4, 0.5) is 35.1 Å². The molecule has 19 heteroatoms. The van der Waals surface area contributed by atoms with Crippen LogP contribution in [0, 0.1) is 0 Å². The fraction of sp³-hybridized carbons (Fsp3) is 0.353. The summed E-state index contributed by atoms with van der Waals surface area (Å²) in [6, 6.07) is 1.41. The molecule has 0 saturated carbocycles. The first kappa shape index (κ1) is 27.4. The van der Waals surface area contributed by atoms with E-state index in [4.69, 9.17) is 0 Å². The summed E-state index contributed by atoms with van der Waals surface area (Å²) in [6.07, 6.45) is -9.09. The molecule has 0 aliphatic heterocycles. The molecule has 0 aliphatic rings. The van der Waals surface area contributed by atoms with E-state index in [0.29, 0.717) is 15.4 Å². The van der Waals surface area contributed by atoms with Crippen molar-refractivity contribution in [2.45, 2.75) is 30.1 Å². The first-order chi connectivity index (χ1) is 16.4. The average molecular weight is 564 g/mol. The van der Waals surface area contributed by atoms with Gasteiger partial charge in [-0.2, -0.15) is 50.3 Å². The number of nitrogens with zero attached hydrogens (tertiary/aromatic N) is 6. The van der Waals surface area contributed by atoms with Crippen LogP contribution in [-0.2, 0) is 29.0 Å². The van der Waals surface area contributed by atoms with Crippen molar-refractivity contribution in [2.75, 3.05) is 5.75 Å². The van der Waals surface area contributed by atoms with Crippen molar-refractivity contribution in [1.82, 2.24) is 24.5 Å². The highest BCUT2D eigenvalue weighted by Crippen LogP contribution is 2.43. The summed E-state index contributed by atoms with van der Waals surface area (Å²) in [5.74, 6) is -7.37. The number of aryl methyl sites for hydroxylation is 1. The van der Waals surface area contributed by atoms with Gasteiger partial charge in [-0.05, 0) is 12.1 Å². The van der Waals surface area contributed by atoms with Crippen LogP contribution >= 0.6 is 11.3 Å². The van der Waals surface area contributed by atoms with Gasteiger partial charge in [-0.15, -0.1) is 0 Å². The molecule has 0 N–H and O–H groups in total. The summed E-state index contributed by atoms with van der Waals surface area (Å²) in [5.41, 5.74) is -2.41. The van der Waals surface area contributed by atoms with E-state index in [1.165, 1.54) is 6.92 Å². The molecule has 0 saturated heterocycles. The number of carbonyl (C=O) groups is 1. The lowest BCUT2D eigenvalue weighted by atomic mass is 10.3. The molecule has 0 spiro atoms. The molecule has 0 unspecified atom stereocenters. The van der Waals surface area contributed by atoms with Crippen molar-refractivity contribution in [3.63, 3.8) is 0 Å². The second-order valence-electron chi connectivity index (χ2n) is 6.89. The van der Waals surface area contributed by atoms with E-state index in [-0.39, 0.29) is 17.0 Å². The number of rotatable bonds is 5. The van der Waals surface area contributed by atoms with Gasteiger partial charge in [0, 0.05) is 13.2 Å². The molecule has 0 atom stereocenters. The number of pyridine rings is 1. The predicted octanol–water partition coefficient (Wildman–Crippen LogP) is 3.27. The Balaban J connectivity index is 2.11. The van der Waals surface area contributed by atoms with Gasteiger partial charge in [0.15, 0.2) is 20.5 Å². The van der Waals surface area contributed by atoms with Crippen molar-refractivity contribution in [1.29, 1.82) is 0 Å². The van der Waals surface area contributed by atoms with E-state index >= 15 is 0 Å². The quantitative estimate of drug-likeness (QED) is 0.440. The molecule has 0 radical (unpaired) electrons. The smallest absolute Gasteiger partial charge is 0.265 e. The summed E-state index contributed by atoms with van der Waals surface area (Å²) in [5, 5.41) is 4.60. The van der Waals surface area contributed by atoms with Crippen molar-refractivity contribution >= 4 is 27.1 Å². The second-order valence-corrected chi connectivity index (χ2v) is 10.1. The Kier molecular flexibility index (Phi) is 6.86.